The van der Waals surface area contributed by atoms with Crippen LogP contribution in [0.5, 0.6) is 0 Å². The number of fused-ring (bicyclic) bond motifs is 1. The van der Waals surface area contributed by atoms with E-state index in [4.69, 9.17) is 4.74 Å². The van der Waals surface area contributed by atoms with Crippen LogP contribution in [0.25, 0.3) is 11.0 Å². The number of benzene rings is 1. The number of aryl methyl sites for hydroxylation is 1. The molecule has 3 amide bonds. The first-order valence-electron chi connectivity index (χ1n) is 12.4. The van der Waals surface area contributed by atoms with Crippen molar-refractivity contribution >= 4 is 28.9 Å². The van der Waals surface area contributed by atoms with E-state index in [2.05, 4.69) is 34.7 Å². The normalized spacial score (nSPS) is 24.0. The predicted octanol–water partition coefficient (Wildman–Crippen LogP) is 2.50. The Labute approximate surface area is 204 Å². The number of ether oxygens (including phenoxy) is 1. The zero-order valence-electron chi connectivity index (χ0n) is 20.3. The lowest BCUT2D eigenvalue weighted by Gasteiger charge is -2.45. The standard InChI is InChI=1S/C25H33N5O5/c1-3-28-15-26-19-5-4-17(12-20(19)28)16-6-10-29(11-7-16)23(32)21-18(22(31)27-34)13-25(8-9-25)14-30(21)24(33)35-2/h4-5,12,15-16,18,21,34H,3,6-11,13-14H2,1-2H3,(H,27,31)/t18-,21-/m0/s1. The minimum Gasteiger partial charge on any atom is -0.453 e. The predicted molar refractivity (Wildman–Crippen MR) is 127 cm³/mol. The molecule has 0 unspecified atom stereocenters. The Morgan fingerprint density at radius 1 is 1.23 bits per heavy atom. The highest BCUT2D eigenvalue weighted by molar-refractivity contribution is 5.93. The lowest BCUT2D eigenvalue weighted by atomic mass is 9.79. The van der Waals surface area contributed by atoms with Crippen LogP contribution in [0, 0.1) is 11.3 Å². The molecule has 10 nitrogen and oxygen atoms in total. The maximum Gasteiger partial charge on any atom is 0.410 e. The first-order valence-corrected chi connectivity index (χ1v) is 12.4. The molecule has 5 rings (SSSR count). The zero-order valence-corrected chi connectivity index (χ0v) is 20.3. The van der Waals surface area contributed by atoms with Crippen LogP contribution in [0.4, 0.5) is 4.79 Å². The molecule has 10 heteroatoms. The highest BCUT2D eigenvalue weighted by Crippen LogP contribution is 2.55. The summed E-state index contributed by atoms with van der Waals surface area (Å²) in [5, 5.41) is 9.36. The summed E-state index contributed by atoms with van der Waals surface area (Å²) in [5.74, 6) is -1.37. The van der Waals surface area contributed by atoms with E-state index < -0.39 is 24.0 Å². The van der Waals surface area contributed by atoms with Crippen molar-refractivity contribution in [1.29, 1.82) is 0 Å². The number of carbonyl (C=O) groups is 3. The van der Waals surface area contributed by atoms with E-state index in [0.717, 1.165) is 43.3 Å². The van der Waals surface area contributed by atoms with Gasteiger partial charge in [0.2, 0.25) is 11.8 Å². The fourth-order valence-corrected chi connectivity index (χ4v) is 5.98. The van der Waals surface area contributed by atoms with Crippen LogP contribution in [-0.2, 0) is 20.9 Å². The molecule has 2 N–H and O–H groups in total. The number of likely N-dealkylation sites (tertiary alicyclic amines) is 2. The number of hydrogen-bond donors (Lipinski definition) is 2. The van der Waals surface area contributed by atoms with Crippen LogP contribution in [0.15, 0.2) is 24.5 Å². The molecule has 2 atom stereocenters. The first-order chi connectivity index (χ1) is 16.9. The van der Waals surface area contributed by atoms with Crippen molar-refractivity contribution in [3.05, 3.63) is 30.1 Å². The second kappa shape index (κ2) is 9.14. The van der Waals surface area contributed by atoms with Crippen LogP contribution in [0.1, 0.15) is 50.5 Å². The molecule has 0 bridgehead atoms. The van der Waals surface area contributed by atoms with Gasteiger partial charge >= 0.3 is 6.09 Å². The summed E-state index contributed by atoms with van der Waals surface area (Å²) in [6, 6.07) is 5.39. The summed E-state index contributed by atoms with van der Waals surface area (Å²) in [7, 11) is 1.28. The summed E-state index contributed by atoms with van der Waals surface area (Å²) < 4.78 is 7.10. The van der Waals surface area contributed by atoms with Gasteiger partial charge in [-0.15, -0.1) is 0 Å². The number of hydrogen-bond acceptors (Lipinski definition) is 6. The third-order valence-electron chi connectivity index (χ3n) is 8.21. The van der Waals surface area contributed by atoms with Gasteiger partial charge in [0, 0.05) is 26.2 Å². The fraction of sp³-hybridized carbons (Fsp3) is 0.600. The van der Waals surface area contributed by atoms with E-state index in [1.54, 1.807) is 10.4 Å². The topological polar surface area (TPSA) is 117 Å². The minimum atomic E-state index is -0.979. The van der Waals surface area contributed by atoms with Gasteiger partial charge in [0.15, 0.2) is 0 Å². The Morgan fingerprint density at radius 2 is 1.97 bits per heavy atom. The van der Waals surface area contributed by atoms with Gasteiger partial charge in [-0.3, -0.25) is 19.7 Å². The van der Waals surface area contributed by atoms with E-state index in [9.17, 15) is 19.6 Å². The molecule has 1 aromatic heterocycles. The van der Waals surface area contributed by atoms with E-state index in [1.165, 1.54) is 17.6 Å². The summed E-state index contributed by atoms with van der Waals surface area (Å²) in [5.41, 5.74) is 4.88. The van der Waals surface area contributed by atoms with E-state index in [-0.39, 0.29) is 11.3 Å². The van der Waals surface area contributed by atoms with Gasteiger partial charge in [0.25, 0.3) is 0 Å². The Bertz CT molecular complexity index is 1110. The number of rotatable bonds is 4. The lowest BCUT2D eigenvalue weighted by Crippen LogP contribution is -2.62. The maximum atomic E-state index is 13.7. The van der Waals surface area contributed by atoms with Gasteiger partial charge in [-0.2, -0.15) is 0 Å². The van der Waals surface area contributed by atoms with E-state index >= 15 is 0 Å². The first kappa shape index (κ1) is 23.6. The van der Waals surface area contributed by atoms with Crippen molar-refractivity contribution in [2.24, 2.45) is 11.3 Å². The Hall–Kier alpha value is -3.14. The largest absolute Gasteiger partial charge is 0.453 e. The number of nitrogens with zero attached hydrogens (tertiary/aromatic N) is 4. The van der Waals surface area contributed by atoms with Crippen molar-refractivity contribution in [3.8, 4) is 0 Å². The summed E-state index contributed by atoms with van der Waals surface area (Å²) >= 11 is 0. The van der Waals surface area contributed by atoms with Crippen LogP contribution in [0.2, 0.25) is 0 Å². The number of aromatic nitrogens is 2. The average molecular weight is 484 g/mol. The van der Waals surface area contributed by atoms with Crippen molar-refractivity contribution in [1.82, 2.24) is 24.8 Å². The van der Waals surface area contributed by atoms with Crippen LogP contribution in [-0.4, -0.2) is 75.3 Å². The van der Waals surface area contributed by atoms with Crippen molar-refractivity contribution in [2.75, 3.05) is 26.7 Å². The molecule has 1 aromatic carbocycles. The Morgan fingerprint density at radius 3 is 2.60 bits per heavy atom. The molecule has 2 aliphatic heterocycles. The number of amides is 3. The fourth-order valence-electron chi connectivity index (χ4n) is 5.98. The van der Waals surface area contributed by atoms with Crippen LogP contribution in [0.3, 0.4) is 0 Å². The van der Waals surface area contributed by atoms with Gasteiger partial charge in [-0.25, -0.2) is 15.3 Å². The smallest absolute Gasteiger partial charge is 0.410 e. The molecule has 1 saturated carbocycles. The molecule has 2 aromatic rings. The summed E-state index contributed by atoms with van der Waals surface area (Å²) in [4.78, 5) is 46.6. The summed E-state index contributed by atoms with van der Waals surface area (Å²) in [6.45, 7) is 4.43. The molecule has 3 aliphatic rings. The van der Waals surface area contributed by atoms with Crippen molar-refractivity contribution in [2.45, 2.75) is 57.5 Å². The molecule has 188 valence electrons. The lowest BCUT2D eigenvalue weighted by molar-refractivity contribution is -0.150. The quantitative estimate of drug-likeness (QED) is 0.510. The number of carbonyl (C=O) groups excluding carboxylic acids is 3. The van der Waals surface area contributed by atoms with E-state index in [1.807, 2.05) is 6.33 Å². The van der Waals surface area contributed by atoms with Gasteiger partial charge < -0.3 is 14.2 Å². The molecule has 35 heavy (non-hydrogen) atoms. The van der Waals surface area contributed by atoms with Crippen LogP contribution >= 0.6 is 0 Å². The second-order valence-corrected chi connectivity index (χ2v) is 10.2. The minimum absolute atomic E-state index is 0.168. The third-order valence-corrected chi connectivity index (χ3v) is 8.21. The van der Waals surface area contributed by atoms with Crippen LogP contribution < -0.4 is 5.48 Å². The molecule has 1 aliphatic carbocycles. The molecule has 3 heterocycles. The molecule has 0 radical (unpaired) electrons. The molecule has 2 saturated heterocycles. The van der Waals surface area contributed by atoms with Crippen molar-refractivity contribution < 1.29 is 24.3 Å². The molecule has 3 fully saturated rings. The second-order valence-electron chi connectivity index (χ2n) is 10.2. The number of nitrogens with one attached hydrogen (secondary N) is 1. The Balaban J connectivity index is 1.33. The summed E-state index contributed by atoms with van der Waals surface area (Å²) in [6.07, 6.45) is 5.10. The monoisotopic (exact) mass is 483 g/mol. The van der Waals surface area contributed by atoms with Gasteiger partial charge in [0.05, 0.1) is 30.4 Å². The number of hydroxylamine groups is 1. The number of imidazole rings is 1. The maximum absolute atomic E-state index is 13.7. The average Bonchev–Trinajstić information content (AvgIpc) is 3.51. The van der Waals surface area contributed by atoms with Gasteiger partial charge in [-0.05, 0) is 68.1 Å². The van der Waals surface area contributed by atoms with Crippen molar-refractivity contribution in [3.63, 3.8) is 0 Å². The van der Waals surface area contributed by atoms with Gasteiger partial charge in [-0.1, -0.05) is 6.07 Å². The van der Waals surface area contributed by atoms with Gasteiger partial charge in [0.1, 0.15) is 6.04 Å². The zero-order chi connectivity index (χ0) is 24.7. The molecular formula is C25H33N5O5. The molecular weight excluding hydrogens is 450 g/mol. The third kappa shape index (κ3) is 4.24. The molecule has 1 spiro atoms. The SMILES string of the molecule is CCn1cnc2ccc(C3CCN(C(=O)[C@@H]4[C@@H](C(=O)NO)CC5(CC5)CN4C(=O)OC)CC3)cc21. The highest BCUT2D eigenvalue weighted by Gasteiger charge is 2.57. The Kier molecular flexibility index (Phi) is 6.16. The number of piperidine rings is 2. The van der Waals surface area contributed by atoms with E-state index in [0.29, 0.717) is 32.0 Å². The highest BCUT2D eigenvalue weighted by atomic mass is 16.5. The number of methoxy groups -OCH3 is 1.